The summed E-state index contributed by atoms with van der Waals surface area (Å²) in [5.74, 6) is -0.407. The van der Waals surface area contributed by atoms with E-state index >= 15 is 0 Å². The van der Waals surface area contributed by atoms with Gasteiger partial charge in [-0.05, 0) is 30.4 Å². The Morgan fingerprint density at radius 2 is 1.86 bits per heavy atom. The predicted octanol–water partition coefficient (Wildman–Crippen LogP) is 4.22. The highest BCUT2D eigenvalue weighted by atomic mass is 16.4. The molecule has 3 rings (SSSR count). The van der Waals surface area contributed by atoms with Crippen molar-refractivity contribution in [3.05, 3.63) is 41.6 Å². The lowest BCUT2D eigenvalue weighted by atomic mass is 9.87. The molecule has 4 heteroatoms. The highest BCUT2D eigenvalue weighted by molar-refractivity contribution is 5.87. The van der Waals surface area contributed by atoms with Crippen molar-refractivity contribution in [2.75, 3.05) is 0 Å². The van der Waals surface area contributed by atoms with E-state index in [0.717, 1.165) is 11.3 Å². The van der Waals surface area contributed by atoms with Gasteiger partial charge in [-0.1, -0.05) is 49.9 Å². The second kappa shape index (κ2) is 6.34. The van der Waals surface area contributed by atoms with Gasteiger partial charge in [-0.15, -0.1) is 0 Å². The average Bonchev–Trinajstić information content (AvgIpc) is 2.74. The highest BCUT2D eigenvalue weighted by Gasteiger charge is 2.20. The largest absolute Gasteiger partial charge is 0.476 e. The van der Waals surface area contributed by atoms with Gasteiger partial charge in [0, 0.05) is 12.6 Å². The minimum absolute atomic E-state index is 0.105. The van der Waals surface area contributed by atoms with Gasteiger partial charge >= 0.3 is 5.97 Å². The Hall–Kier alpha value is -2.10. The normalized spacial score (nSPS) is 16.4. The fourth-order valence-corrected chi connectivity index (χ4v) is 3.50. The second-order valence-electron chi connectivity index (χ2n) is 6.12. The van der Waals surface area contributed by atoms with Gasteiger partial charge in [0.2, 0.25) is 0 Å². The van der Waals surface area contributed by atoms with Crippen molar-refractivity contribution in [1.82, 2.24) is 9.78 Å². The maximum absolute atomic E-state index is 11.2. The van der Waals surface area contributed by atoms with Gasteiger partial charge in [-0.2, -0.15) is 5.10 Å². The molecule has 0 radical (unpaired) electrons. The number of hydrogen-bond donors (Lipinski definition) is 1. The van der Waals surface area contributed by atoms with Gasteiger partial charge in [0.05, 0.1) is 5.69 Å². The molecule has 1 N–H and O–H groups in total. The average molecular weight is 298 g/mol. The molecule has 0 aliphatic heterocycles. The zero-order valence-corrected chi connectivity index (χ0v) is 13.0. The summed E-state index contributed by atoms with van der Waals surface area (Å²) in [7, 11) is 1.81. The third kappa shape index (κ3) is 2.91. The number of aryl methyl sites for hydroxylation is 1. The van der Waals surface area contributed by atoms with Crippen LogP contribution in [0.4, 0.5) is 0 Å². The van der Waals surface area contributed by atoms with Crippen molar-refractivity contribution >= 4 is 5.97 Å². The maximum atomic E-state index is 11.2. The Morgan fingerprint density at radius 1 is 1.18 bits per heavy atom. The van der Waals surface area contributed by atoms with Crippen LogP contribution in [0, 0.1) is 0 Å². The Morgan fingerprint density at radius 3 is 2.50 bits per heavy atom. The van der Waals surface area contributed by atoms with Crippen molar-refractivity contribution in [2.45, 2.75) is 44.4 Å². The molecule has 1 saturated carbocycles. The summed E-state index contributed by atoms with van der Waals surface area (Å²) < 4.78 is 1.68. The summed E-state index contributed by atoms with van der Waals surface area (Å²) in [6.45, 7) is 0. The molecule has 116 valence electrons. The molecular formula is C18H22N2O2. The third-order valence-electron chi connectivity index (χ3n) is 4.63. The van der Waals surface area contributed by atoms with Crippen LogP contribution in [0.5, 0.6) is 0 Å². The number of carbonyl (C=O) groups is 1. The van der Waals surface area contributed by atoms with E-state index in [4.69, 9.17) is 5.11 Å². The summed E-state index contributed by atoms with van der Waals surface area (Å²) in [4.78, 5) is 11.2. The van der Waals surface area contributed by atoms with E-state index in [9.17, 15) is 4.79 Å². The first-order valence-electron chi connectivity index (χ1n) is 8.03. The van der Waals surface area contributed by atoms with Crippen LogP contribution in [0.3, 0.4) is 0 Å². The lowest BCUT2D eigenvalue weighted by molar-refractivity contribution is 0.0689. The van der Waals surface area contributed by atoms with Crippen LogP contribution in [-0.4, -0.2) is 20.9 Å². The molecule has 22 heavy (non-hydrogen) atoms. The van der Waals surface area contributed by atoms with E-state index in [1.54, 1.807) is 10.7 Å². The zero-order chi connectivity index (χ0) is 15.5. The summed E-state index contributed by atoms with van der Waals surface area (Å²) in [5, 5.41) is 13.3. The monoisotopic (exact) mass is 298 g/mol. The number of carboxylic acids is 1. The molecule has 1 aromatic carbocycles. The van der Waals surface area contributed by atoms with Crippen LogP contribution in [0.1, 0.15) is 60.5 Å². The maximum Gasteiger partial charge on any atom is 0.356 e. The minimum Gasteiger partial charge on any atom is -0.476 e. The Kier molecular flexibility index (Phi) is 4.27. The van der Waals surface area contributed by atoms with Gasteiger partial charge in [0.25, 0.3) is 0 Å². The third-order valence-corrected chi connectivity index (χ3v) is 4.63. The quantitative estimate of drug-likeness (QED) is 0.863. The molecule has 0 bridgehead atoms. The summed E-state index contributed by atoms with van der Waals surface area (Å²) in [6.07, 6.45) is 7.66. The number of rotatable bonds is 3. The Bertz CT molecular complexity index is 667. The molecule has 0 atom stereocenters. The smallest absolute Gasteiger partial charge is 0.356 e. The topological polar surface area (TPSA) is 55.1 Å². The van der Waals surface area contributed by atoms with Gasteiger partial charge in [0.1, 0.15) is 0 Å². The lowest BCUT2D eigenvalue weighted by Crippen LogP contribution is -2.02. The van der Waals surface area contributed by atoms with Crippen molar-refractivity contribution in [3.8, 4) is 11.3 Å². The van der Waals surface area contributed by atoms with Crippen molar-refractivity contribution in [2.24, 2.45) is 7.05 Å². The van der Waals surface area contributed by atoms with Crippen LogP contribution in [-0.2, 0) is 7.05 Å². The Labute approximate surface area is 130 Å². The van der Waals surface area contributed by atoms with E-state index in [-0.39, 0.29) is 5.69 Å². The fourth-order valence-electron chi connectivity index (χ4n) is 3.50. The zero-order valence-electron chi connectivity index (χ0n) is 13.0. The molecule has 0 amide bonds. The van der Waals surface area contributed by atoms with Gasteiger partial charge in [-0.3, -0.25) is 4.68 Å². The molecule has 1 heterocycles. The van der Waals surface area contributed by atoms with Crippen LogP contribution >= 0.6 is 0 Å². The molecule has 2 aromatic rings. The molecule has 0 saturated heterocycles. The first-order chi connectivity index (χ1) is 10.7. The van der Waals surface area contributed by atoms with E-state index in [0.29, 0.717) is 5.92 Å². The van der Waals surface area contributed by atoms with E-state index < -0.39 is 5.97 Å². The fraction of sp³-hybridized carbons (Fsp3) is 0.444. The second-order valence-corrected chi connectivity index (χ2v) is 6.12. The molecule has 0 unspecified atom stereocenters. The predicted molar refractivity (Wildman–Crippen MR) is 86.0 cm³/mol. The standard InChI is InChI=1S/C18H22N2O2/c1-20-17(12-16(19-20)18(21)22)15-11-7-6-10-14(15)13-8-4-2-3-5-9-13/h6-7,10-13H,2-5,8-9H2,1H3,(H,21,22). The summed E-state index contributed by atoms with van der Waals surface area (Å²) in [6, 6.07) is 10.1. The van der Waals surface area contributed by atoms with Crippen LogP contribution < -0.4 is 0 Å². The Balaban J connectivity index is 2.02. The summed E-state index contributed by atoms with van der Waals surface area (Å²) >= 11 is 0. The molecule has 4 nitrogen and oxygen atoms in total. The first kappa shape index (κ1) is 14.8. The SMILES string of the molecule is Cn1nc(C(=O)O)cc1-c1ccccc1C1CCCCCC1. The molecule has 1 aliphatic carbocycles. The number of nitrogens with zero attached hydrogens (tertiary/aromatic N) is 2. The molecular weight excluding hydrogens is 276 g/mol. The van der Waals surface area contributed by atoms with Gasteiger partial charge < -0.3 is 5.11 Å². The van der Waals surface area contributed by atoms with Crippen LogP contribution in [0.15, 0.2) is 30.3 Å². The summed E-state index contributed by atoms with van der Waals surface area (Å²) in [5.41, 5.74) is 3.45. The molecule has 1 aliphatic rings. The van der Waals surface area contributed by atoms with E-state index in [1.807, 2.05) is 13.1 Å². The number of carboxylic acid groups (broad SMARTS) is 1. The number of aromatic nitrogens is 2. The number of hydrogen-bond acceptors (Lipinski definition) is 2. The molecule has 0 spiro atoms. The van der Waals surface area contributed by atoms with Gasteiger partial charge in [0.15, 0.2) is 5.69 Å². The van der Waals surface area contributed by atoms with Crippen LogP contribution in [0.25, 0.3) is 11.3 Å². The van der Waals surface area contributed by atoms with E-state index in [1.165, 1.54) is 44.1 Å². The number of benzene rings is 1. The van der Waals surface area contributed by atoms with Crippen molar-refractivity contribution < 1.29 is 9.90 Å². The lowest BCUT2D eigenvalue weighted by Gasteiger charge is -2.18. The first-order valence-corrected chi connectivity index (χ1v) is 8.03. The van der Waals surface area contributed by atoms with Gasteiger partial charge in [-0.25, -0.2) is 4.79 Å². The highest BCUT2D eigenvalue weighted by Crippen LogP contribution is 2.37. The van der Waals surface area contributed by atoms with Crippen molar-refractivity contribution in [1.29, 1.82) is 0 Å². The van der Waals surface area contributed by atoms with Crippen molar-refractivity contribution in [3.63, 3.8) is 0 Å². The molecule has 1 aromatic heterocycles. The van der Waals surface area contributed by atoms with Crippen LogP contribution in [0.2, 0.25) is 0 Å². The van der Waals surface area contributed by atoms with E-state index in [2.05, 4.69) is 23.3 Å². The number of aromatic carboxylic acids is 1. The minimum atomic E-state index is -0.978. The molecule has 1 fully saturated rings.